The predicted octanol–water partition coefficient (Wildman–Crippen LogP) is 1.48. The van der Waals surface area contributed by atoms with Gasteiger partial charge in [0.1, 0.15) is 5.75 Å². The first-order chi connectivity index (χ1) is 8.35. The summed E-state index contributed by atoms with van der Waals surface area (Å²) in [5.41, 5.74) is 5.64. The summed E-state index contributed by atoms with van der Waals surface area (Å²) >= 11 is 0. The van der Waals surface area contributed by atoms with Gasteiger partial charge in [0.25, 0.3) is 0 Å². The number of hydrogen-bond acceptors (Lipinski definition) is 5. The van der Waals surface area contributed by atoms with Crippen LogP contribution >= 0.6 is 0 Å². The minimum absolute atomic E-state index is 0.549. The van der Waals surface area contributed by atoms with Gasteiger partial charge in [-0.15, -0.1) is 0 Å². The largest absolute Gasteiger partial charge is 0.496 e. The zero-order valence-corrected chi connectivity index (χ0v) is 11.5. The maximum atomic E-state index is 10.00. The van der Waals surface area contributed by atoms with Crippen LogP contribution in [0.25, 0.3) is 0 Å². The Bertz CT molecular complexity index is 412. The Morgan fingerprint density at radius 3 is 1.83 bits per heavy atom. The summed E-state index contributed by atoms with van der Waals surface area (Å²) in [7, 11) is 4.64. The molecule has 0 spiro atoms. The minimum Gasteiger partial charge on any atom is -0.496 e. The van der Waals surface area contributed by atoms with Gasteiger partial charge in [0.15, 0.2) is 11.5 Å². The molecule has 1 atom stereocenters. The number of methoxy groups -OCH3 is 3. The lowest BCUT2D eigenvalue weighted by Crippen LogP contribution is -2.35. The molecule has 3 N–H and O–H groups in total. The number of rotatable bonds is 5. The van der Waals surface area contributed by atoms with Crippen LogP contribution in [0.3, 0.4) is 0 Å². The Morgan fingerprint density at radius 2 is 1.44 bits per heavy atom. The third kappa shape index (κ3) is 2.86. The van der Waals surface area contributed by atoms with E-state index in [1.165, 1.54) is 0 Å². The second kappa shape index (κ2) is 5.46. The molecule has 0 saturated heterocycles. The van der Waals surface area contributed by atoms with E-state index in [-0.39, 0.29) is 0 Å². The maximum Gasteiger partial charge on any atom is 0.164 e. The van der Waals surface area contributed by atoms with Gasteiger partial charge in [-0.25, -0.2) is 0 Å². The monoisotopic (exact) mass is 255 g/mol. The van der Waals surface area contributed by atoms with Crippen LogP contribution in [0.15, 0.2) is 12.1 Å². The van der Waals surface area contributed by atoms with E-state index >= 15 is 0 Å². The maximum absolute atomic E-state index is 10.00. The zero-order chi connectivity index (χ0) is 13.9. The van der Waals surface area contributed by atoms with E-state index in [2.05, 4.69) is 0 Å². The van der Waals surface area contributed by atoms with Gasteiger partial charge < -0.3 is 25.1 Å². The van der Waals surface area contributed by atoms with E-state index in [4.69, 9.17) is 19.9 Å². The number of aliphatic hydroxyl groups is 1. The van der Waals surface area contributed by atoms with Gasteiger partial charge in [0.2, 0.25) is 0 Å². The van der Waals surface area contributed by atoms with Gasteiger partial charge in [-0.05, 0) is 19.9 Å². The van der Waals surface area contributed by atoms with Gasteiger partial charge in [-0.3, -0.25) is 0 Å². The fourth-order valence-corrected chi connectivity index (χ4v) is 1.68. The summed E-state index contributed by atoms with van der Waals surface area (Å²) in [4.78, 5) is 0. The van der Waals surface area contributed by atoms with Crippen molar-refractivity contribution in [3.63, 3.8) is 0 Å². The molecule has 102 valence electrons. The molecular formula is C13H21NO4. The molecule has 0 aliphatic heterocycles. The Kier molecular flexibility index (Phi) is 4.43. The Hall–Kier alpha value is -1.46. The summed E-state index contributed by atoms with van der Waals surface area (Å²) in [6.07, 6.45) is 0. The number of benzene rings is 1. The molecule has 5 heteroatoms. The molecule has 1 aromatic rings. The highest BCUT2D eigenvalue weighted by Crippen LogP contribution is 2.39. The Labute approximate surface area is 107 Å². The molecule has 0 amide bonds. The smallest absolute Gasteiger partial charge is 0.164 e. The van der Waals surface area contributed by atoms with Gasteiger partial charge in [-0.2, -0.15) is 0 Å². The highest BCUT2D eigenvalue weighted by atomic mass is 16.5. The lowest BCUT2D eigenvalue weighted by atomic mass is 9.92. The first-order valence-corrected chi connectivity index (χ1v) is 5.63. The lowest BCUT2D eigenvalue weighted by Gasteiger charge is -2.28. The van der Waals surface area contributed by atoms with Crippen molar-refractivity contribution in [1.29, 1.82) is 0 Å². The second-order valence-corrected chi connectivity index (χ2v) is 4.58. The molecule has 0 saturated carbocycles. The Balaban J connectivity index is 3.34. The van der Waals surface area contributed by atoms with E-state index in [0.29, 0.717) is 22.8 Å². The van der Waals surface area contributed by atoms with Gasteiger partial charge in [-0.1, -0.05) is 0 Å². The number of ether oxygens (including phenoxy) is 3. The van der Waals surface area contributed by atoms with E-state index in [1.807, 2.05) is 0 Å². The summed E-state index contributed by atoms with van der Waals surface area (Å²) in [5, 5.41) is 10.00. The van der Waals surface area contributed by atoms with E-state index in [1.54, 1.807) is 47.3 Å². The molecule has 0 aliphatic rings. The molecule has 0 fully saturated rings. The van der Waals surface area contributed by atoms with Crippen LogP contribution in [0.5, 0.6) is 17.2 Å². The van der Waals surface area contributed by atoms with E-state index < -0.39 is 11.6 Å². The molecular weight excluding hydrogens is 234 g/mol. The number of nitrogens with two attached hydrogens (primary N) is 1. The number of hydrogen-bond donors (Lipinski definition) is 2. The fourth-order valence-electron chi connectivity index (χ4n) is 1.68. The molecule has 0 heterocycles. The van der Waals surface area contributed by atoms with Crippen LogP contribution < -0.4 is 19.9 Å². The van der Waals surface area contributed by atoms with Gasteiger partial charge >= 0.3 is 0 Å². The van der Waals surface area contributed by atoms with Crippen LogP contribution in [0.1, 0.15) is 25.5 Å². The first-order valence-electron chi connectivity index (χ1n) is 5.63. The lowest BCUT2D eigenvalue weighted by molar-refractivity contribution is 0.0507. The molecule has 0 aliphatic carbocycles. The fraction of sp³-hybridized carbons (Fsp3) is 0.538. The van der Waals surface area contributed by atoms with Crippen molar-refractivity contribution in [2.75, 3.05) is 21.3 Å². The third-order valence-electron chi connectivity index (χ3n) is 2.83. The second-order valence-electron chi connectivity index (χ2n) is 4.58. The minimum atomic E-state index is -1.06. The standard InChI is InChI=1S/C13H21NO4/c1-13(2,15)12(14)8-6-10(17-4)11(18-5)7-9(8)16-3/h6-7,12,15H,14H2,1-5H3. The molecule has 1 rings (SSSR count). The van der Waals surface area contributed by atoms with E-state index in [0.717, 1.165) is 0 Å². The molecule has 1 aromatic carbocycles. The molecule has 5 nitrogen and oxygen atoms in total. The average molecular weight is 255 g/mol. The molecule has 1 unspecified atom stereocenters. The normalized spacial score (nSPS) is 13.1. The van der Waals surface area contributed by atoms with Crippen LogP contribution in [-0.2, 0) is 0 Å². The average Bonchev–Trinajstić information content (AvgIpc) is 2.34. The molecule has 0 radical (unpaired) electrons. The van der Waals surface area contributed by atoms with Crippen molar-refractivity contribution in [3.8, 4) is 17.2 Å². The summed E-state index contributed by atoms with van der Waals surface area (Å²) in [6, 6.07) is 2.83. The highest BCUT2D eigenvalue weighted by Gasteiger charge is 2.28. The van der Waals surface area contributed by atoms with Crippen LogP contribution in [-0.4, -0.2) is 32.0 Å². The van der Waals surface area contributed by atoms with Crippen LogP contribution in [0.4, 0.5) is 0 Å². The van der Waals surface area contributed by atoms with Gasteiger partial charge in [0.05, 0.1) is 33.0 Å². The summed E-state index contributed by atoms with van der Waals surface area (Å²) in [6.45, 7) is 3.29. The van der Waals surface area contributed by atoms with Crippen molar-refractivity contribution in [1.82, 2.24) is 0 Å². The van der Waals surface area contributed by atoms with Crippen molar-refractivity contribution in [2.45, 2.75) is 25.5 Å². The van der Waals surface area contributed by atoms with Crippen LogP contribution in [0.2, 0.25) is 0 Å². The SMILES string of the molecule is COc1cc(OC)c(C(N)C(C)(C)O)cc1OC. The Morgan fingerprint density at radius 1 is 1.00 bits per heavy atom. The predicted molar refractivity (Wildman–Crippen MR) is 69.3 cm³/mol. The van der Waals surface area contributed by atoms with E-state index in [9.17, 15) is 5.11 Å². The zero-order valence-electron chi connectivity index (χ0n) is 11.5. The van der Waals surface area contributed by atoms with Crippen LogP contribution in [0, 0.1) is 0 Å². The first kappa shape index (κ1) is 14.6. The summed E-state index contributed by atoms with van der Waals surface area (Å²) < 4.78 is 15.7. The highest BCUT2D eigenvalue weighted by molar-refractivity contribution is 5.52. The quantitative estimate of drug-likeness (QED) is 0.833. The van der Waals surface area contributed by atoms with Gasteiger partial charge in [0, 0.05) is 11.6 Å². The molecule has 0 aromatic heterocycles. The van der Waals surface area contributed by atoms with Crippen molar-refractivity contribution in [3.05, 3.63) is 17.7 Å². The third-order valence-corrected chi connectivity index (χ3v) is 2.83. The van der Waals surface area contributed by atoms with Crippen molar-refractivity contribution < 1.29 is 19.3 Å². The van der Waals surface area contributed by atoms with Crippen molar-refractivity contribution in [2.24, 2.45) is 5.73 Å². The molecule has 18 heavy (non-hydrogen) atoms. The van der Waals surface area contributed by atoms with Crippen molar-refractivity contribution >= 4 is 0 Å². The molecule has 0 bridgehead atoms. The topological polar surface area (TPSA) is 73.9 Å². The summed E-state index contributed by atoms with van der Waals surface area (Å²) in [5.74, 6) is 1.66.